The maximum Gasteiger partial charge on any atom is 0.308 e. The van der Waals surface area contributed by atoms with Crippen molar-refractivity contribution < 1.29 is 24.2 Å². The summed E-state index contributed by atoms with van der Waals surface area (Å²) in [6, 6.07) is 5.48. The van der Waals surface area contributed by atoms with E-state index in [2.05, 4.69) is 0 Å². The number of carboxylic acids is 1. The molecule has 1 aromatic carbocycles. The van der Waals surface area contributed by atoms with Crippen LogP contribution in [0, 0.1) is 5.92 Å². The van der Waals surface area contributed by atoms with Crippen molar-refractivity contribution in [2.24, 2.45) is 5.92 Å². The normalized spacial score (nSPS) is 22.9. The summed E-state index contributed by atoms with van der Waals surface area (Å²) in [4.78, 5) is 25.2. The Labute approximate surface area is 132 Å². The van der Waals surface area contributed by atoms with Gasteiger partial charge in [-0.05, 0) is 24.0 Å². The van der Waals surface area contributed by atoms with Crippen LogP contribution >= 0.6 is 11.8 Å². The lowest BCUT2D eigenvalue weighted by atomic mass is 9.89. The highest BCUT2D eigenvalue weighted by atomic mass is 32.2. The van der Waals surface area contributed by atoms with E-state index in [1.807, 2.05) is 18.4 Å². The number of rotatable bonds is 4. The number of thioether (sulfide) groups is 1. The van der Waals surface area contributed by atoms with E-state index in [-0.39, 0.29) is 25.2 Å². The molecule has 2 atom stereocenters. The van der Waals surface area contributed by atoms with E-state index >= 15 is 0 Å². The third-order valence-electron chi connectivity index (χ3n) is 4.08. The number of carbonyl (C=O) groups is 2. The summed E-state index contributed by atoms with van der Waals surface area (Å²) in [5, 5.41) is 9.47. The number of benzene rings is 1. The van der Waals surface area contributed by atoms with Crippen molar-refractivity contribution in [2.45, 2.75) is 5.92 Å². The fourth-order valence-electron chi connectivity index (χ4n) is 2.95. The van der Waals surface area contributed by atoms with Crippen LogP contribution in [0.1, 0.15) is 11.5 Å². The van der Waals surface area contributed by atoms with Crippen molar-refractivity contribution in [2.75, 3.05) is 31.9 Å². The first kappa shape index (κ1) is 15.0. The summed E-state index contributed by atoms with van der Waals surface area (Å²) in [6.45, 7) is 0.869. The monoisotopic (exact) mass is 323 g/mol. The second-order valence-electron chi connectivity index (χ2n) is 5.40. The van der Waals surface area contributed by atoms with Gasteiger partial charge in [0.05, 0.1) is 11.7 Å². The molecule has 1 saturated heterocycles. The summed E-state index contributed by atoms with van der Waals surface area (Å²) < 4.78 is 10.6. The molecule has 2 aliphatic heterocycles. The summed E-state index contributed by atoms with van der Waals surface area (Å²) >= 11 is 1.44. The van der Waals surface area contributed by atoms with Gasteiger partial charge in [-0.2, -0.15) is 11.8 Å². The van der Waals surface area contributed by atoms with E-state index in [9.17, 15) is 14.7 Å². The fraction of sp³-hybridized carbons (Fsp3) is 0.467. The molecular formula is C15H17NO5S. The molecule has 3 rings (SSSR count). The first-order valence-electron chi connectivity index (χ1n) is 6.99. The van der Waals surface area contributed by atoms with Gasteiger partial charge in [-0.3, -0.25) is 9.59 Å². The number of fused-ring (bicyclic) bond motifs is 1. The first-order chi connectivity index (χ1) is 10.6. The Morgan fingerprint density at radius 3 is 2.82 bits per heavy atom. The summed E-state index contributed by atoms with van der Waals surface area (Å²) in [6.07, 6.45) is 1.86. The third kappa shape index (κ3) is 2.72. The van der Waals surface area contributed by atoms with E-state index in [1.165, 1.54) is 11.8 Å². The van der Waals surface area contributed by atoms with Gasteiger partial charge in [0.2, 0.25) is 12.7 Å². The van der Waals surface area contributed by atoms with Crippen molar-refractivity contribution in [1.82, 2.24) is 4.90 Å². The van der Waals surface area contributed by atoms with Gasteiger partial charge in [-0.15, -0.1) is 0 Å². The highest BCUT2D eigenvalue weighted by molar-refractivity contribution is 7.99. The minimum absolute atomic E-state index is 0.0120. The zero-order chi connectivity index (χ0) is 15.7. The number of hydrogen-bond acceptors (Lipinski definition) is 5. The molecule has 118 valence electrons. The molecule has 0 unspecified atom stereocenters. The Balaban J connectivity index is 1.84. The van der Waals surface area contributed by atoms with Crippen LogP contribution in [0.3, 0.4) is 0 Å². The minimum atomic E-state index is -0.873. The maximum atomic E-state index is 12.0. The van der Waals surface area contributed by atoms with Gasteiger partial charge in [0, 0.05) is 19.0 Å². The van der Waals surface area contributed by atoms with Crippen molar-refractivity contribution in [3.8, 4) is 11.5 Å². The molecular weight excluding hydrogens is 306 g/mol. The molecule has 0 saturated carbocycles. The zero-order valence-corrected chi connectivity index (χ0v) is 13.0. The van der Waals surface area contributed by atoms with Crippen LogP contribution in [0.2, 0.25) is 0 Å². The van der Waals surface area contributed by atoms with Crippen LogP contribution in [0.15, 0.2) is 18.2 Å². The molecule has 6 nitrogen and oxygen atoms in total. The molecule has 1 aromatic rings. The molecule has 0 radical (unpaired) electrons. The molecule has 0 aliphatic carbocycles. The second kappa shape index (κ2) is 6.08. The average molecular weight is 323 g/mol. The number of nitrogens with zero attached hydrogens (tertiary/aromatic N) is 1. The van der Waals surface area contributed by atoms with Gasteiger partial charge < -0.3 is 19.5 Å². The van der Waals surface area contributed by atoms with Gasteiger partial charge in [0.25, 0.3) is 0 Å². The van der Waals surface area contributed by atoms with Crippen LogP contribution in [0.4, 0.5) is 0 Å². The molecule has 1 fully saturated rings. The lowest BCUT2D eigenvalue weighted by molar-refractivity contribution is -0.141. The van der Waals surface area contributed by atoms with E-state index in [0.29, 0.717) is 23.8 Å². The van der Waals surface area contributed by atoms with Crippen molar-refractivity contribution in [1.29, 1.82) is 0 Å². The van der Waals surface area contributed by atoms with Crippen LogP contribution in [-0.2, 0) is 9.59 Å². The second-order valence-corrected chi connectivity index (χ2v) is 6.26. The van der Waals surface area contributed by atoms with Crippen molar-refractivity contribution in [3.63, 3.8) is 0 Å². The number of hydrogen-bond donors (Lipinski definition) is 1. The minimum Gasteiger partial charge on any atom is -0.481 e. The van der Waals surface area contributed by atoms with E-state index < -0.39 is 11.9 Å². The number of carboxylic acid groups (broad SMARTS) is 1. The molecule has 1 amide bonds. The molecule has 1 N–H and O–H groups in total. The Kier molecular flexibility index (Phi) is 4.15. The van der Waals surface area contributed by atoms with E-state index in [0.717, 1.165) is 5.56 Å². The highest BCUT2D eigenvalue weighted by Crippen LogP contribution is 2.39. The molecule has 2 heterocycles. The van der Waals surface area contributed by atoms with Gasteiger partial charge >= 0.3 is 5.97 Å². The summed E-state index contributed by atoms with van der Waals surface area (Å²) in [5.74, 6) is -0.0206. The predicted molar refractivity (Wildman–Crippen MR) is 81.4 cm³/mol. The number of aliphatic carboxylic acids is 1. The SMILES string of the molecule is CSCC(=O)N1C[C@H](C(=O)O)[C@@H](c2ccc3c(c2)OCO3)C1. The average Bonchev–Trinajstić information content (AvgIpc) is 3.13. The molecule has 0 spiro atoms. The van der Waals surface area contributed by atoms with Crippen LogP contribution in [0.5, 0.6) is 11.5 Å². The predicted octanol–water partition coefficient (Wildman–Crippen LogP) is 1.40. The largest absolute Gasteiger partial charge is 0.481 e. The summed E-state index contributed by atoms with van der Waals surface area (Å²) in [7, 11) is 0. The lowest BCUT2D eigenvalue weighted by Gasteiger charge is -2.16. The van der Waals surface area contributed by atoms with Crippen molar-refractivity contribution in [3.05, 3.63) is 23.8 Å². The van der Waals surface area contributed by atoms with E-state index in [4.69, 9.17) is 9.47 Å². The van der Waals surface area contributed by atoms with Gasteiger partial charge in [0.1, 0.15) is 0 Å². The third-order valence-corrected chi connectivity index (χ3v) is 4.62. The fourth-order valence-corrected chi connectivity index (χ4v) is 3.38. The molecule has 2 aliphatic rings. The number of carbonyl (C=O) groups excluding carboxylic acids is 1. The Bertz CT molecular complexity index is 606. The number of amides is 1. The van der Waals surface area contributed by atoms with E-state index in [1.54, 1.807) is 11.0 Å². The molecule has 0 bridgehead atoms. The zero-order valence-electron chi connectivity index (χ0n) is 12.2. The standard InChI is InChI=1S/C15H17NO5S/c1-22-7-14(17)16-5-10(11(6-16)15(18)19)9-2-3-12-13(4-9)21-8-20-12/h2-4,10-11H,5-8H2,1H3,(H,18,19)/t10-,11+/m1/s1. The Morgan fingerprint density at radius 2 is 2.09 bits per heavy atom. The van der Waals surface area contributed by atoms with Crippen LogP contribution in [0.25, 0.3) is 0 Å². The van der Waals surface area contributed by atoms with Gasteiger partial charge in [0.15, 0.2) is 11.5 Å². The Morgan fingerprint density at radius 1 is 1.32 bits per heavy atom. The molecule has 7 heteroatoms. The molecule has 22 heavy (non-hydrogen) atoms. The number of ether oxygens (including phenoxy) is 2. The van der Waals surface area contributed by atoms with Crippen LogP contribution in [-0.4, -0.2) is 53.8 Å². The lowest BCUT2D eigenvalue weighted by Crippen LogP contribution is -2.31. The van der Waals surface area contributed by atoms with Gasteiger partial charge in [-0.1, -0.05) is 6.07 Å². The maximum absolute atomic E-state index is 12.0. The van der Waals surface area contributed by atoms with Crippen molar-refractivity contribution >= 4 is 23.6 Å². The number of likely N-dealkylation sites (tertiary alicyclic amines) is 1. The first-order valence-corrected chi connectivity index (χ1v) is 8.38. The quantitative estimate of drug-likeness (QED) is 0.903. The summed E-state index contributed by atoms with van der Waals surface area (Å²) in [5.41, 5.74) is 0.871. The van der Waals surface area contributed by atoms with Gasteiger partial charge in [-0.25, -0.2) is 0 Å². The van der Waals surface area contributed by atoms with Crippen LogP contribution < -0.4 is 9.47 Å². The highest BCUT2D eigenvalue weighted by Gasteiger charge is 2.40. The molecule has 0 aromatic heterocycles. The topological polar surface area (TPSA) is 76.1 Å². The smallest absolute Gasteiger partial charge is 0.308 e. The Hall–Kier alpha value is -1.89.